The lowest BCUT2D eigenvalue weighted by molar-refractivity contribution is -0.144. The van der Waals surface area contributed by atoms with Crippen LogP contribution in [0.3, 0.4) is 0 Å². The zero-order chi connectivity index (χ0) is 9.72. The van der Waals surface area contributed by atoms with E-state index in [2.05, 4.69) is 0 Å². The van der Waals surface area contributed by atoms with Crippen LogP contribution in [0, 0.1) is 0 Å². The first-order chi connectivity index (χ1) is 5.49. The maximum atomic E-state index is 11.1. The summed E-state index contributed by atoms with van der Waals surface area (Å²) < 4.78 is 0. The Hall–Kier alpha value is -1.10. The number of rotatable bonds is 4. The zero-order valence-corrected chi connectivity index (χ0v) is 7.28. The second-order valence-electron chi connectivity index (χ2n) is 2.53. The highest BCUT2D eigenvalue weighted by molar-refractivity contribution is 5.84. The minimum atomic E-state index is -1.02. The number of hydrogen-bond donors (Lipinski definition) is 2. The van der Waals surface area contributed by atoms with Gasteiger partial charge in [-0.2, -0.15) is 0 Å². The van der Waals surface area contributed by atoms with Gasteiger partial charge < -0.3 is 15.7 Å². The summed E-state index contributed by atoms with van der Waals surface area (Å²) >= 11 is 0. The summed E-state index contributed by atoms with van der Waals surface area (Å²) in [5.41, 5.74) is 5.30. The maximum Gasteiger partial charge on any atom is 0.323 e. The first kappa shape index (κ1) is 10.9. The normalized spacial score (nSPS) is 12.2. The fourth-order valence-electron chi connectivity index (χ4n) is 0.797. The highest BCUT2D eigenvalue weighted by atomic mass is 16.4. The van der Waals surface area contributed by atoms with Crippen LogP contribution in [-0.4, -0.2) is 41.0 Å². The molecule has 0 saturated heterocycles. The Morgan fingerprint density at radius 1 is 1.58 bits per heavy atom. The molecular weight excluding hydrogens is 160 g/mol. The molecule has 0 aromatic carbocycles. The van der Waals surface area contributed by atoms with Crippen molar-refractivity contribution in [3.63, 3.8) is 0 Å². The summed E-state index contributed by atoms with van der Waals surface area (Å²) in [6.45, 7) is 3.33. The number of carbonyl (C=O) groups is 2. The summed E-state index contributed by atoms with van der Waals surface area (Å²) in [7, 11) is 0. The van der Waals surface area contributed by atoms with Gasteiger partial charge in [0.25, 0.3) is 0 Å². The highest BCUT2D eigenvalue weighted by Gasteiger charge is 2.17. The van der Waals surface area contributed by atoms with Gasteiger partial charge >= 0.3 is 5.97 Å². The van der Waals surface area contributed by atoms with Crippen molar-refractivity contribution in [3.05, 3.63) is 0 Å². The molecule has 0 aromatic rings. The second kappa shape index (κ2) is 4.71. The van der Waals surface area contributed by atoms with Gasteiger partial charge in [-0.3, -0.25) is 9.59 Å². The number of aliphatic carboxylic acids is 1. The second-order valence-corrected chi connectivity index (χ2v) is 2.53. The Bertz CT molecular complexity index is 179. The van der Waals surface area contributed by atoms with E-state index in [9.17, 15) is 9.59 Å². The average molecular weight is 174 g/mol. The van der Waals surface area contributed by atoms with E-state index >= 15 is 0 Å². The molecule has 0 rings (SSSR count). The van der Waals surface area contributed by atoms with Crippen molar-refractivity contribution in [2.75, 3.05) is 13.1 Å². The Balaban J connectivity index is 4.15. The quantitative estimate of drug-likeness (QED) is 0.588. The summed E-state index contributed by atoms with van der Waals surface area (Å²) in [5.74, 6) is -1.36. The van der Waals surface area contributed by atoms with E-state index in [0.717, 1.165) is 0 Å². The molecule has 5 nitrogen and oxygen atoms in total. The van der Waals surface area contributed by atoms with Gasteiger partial charge in [0.2, 0.25) is 5.91 Å². The SMILES string of the molecule is CCN(CC(=O)O)C(=O)[C@H](C)N. The topological polar surface area (TPSA) is 83.6 Å². The van der Waals surface area contributed by atoms with Gasteiger partial charge in [-0.15, -0.1) is 0 Å². The number of carboxylic acid groups (broad SMARTS) is 1. The molecule has 0 fully saturated rings. The Kier molecular flexibility index (Phi) is 4.28. The molecule has 0 aliphatic heterocycles. The van der Waals surface area contributed by atoms with Gasteiger partial charge in [-0.05, 0) is 13.8 Å². The molecule has 0 spiro atoms. The minimum absolute atomic E-state index is 0.281. The smallest absolute Gasteiger partial charge is 0.323 e. The Labute approximate surface area is 71.1 Å². The molecule has 0 unspecified atom stereocenters. The number of hydrogen-bond acceptors (Lipinski definition) is 3. The molecule has 70 valence electrons. The van der Waals surface area contributed by atoms with Gasteiger partial charge in [-0.1, -0.05) is 0 Å². The van der Waals surface area contributed by atoms with Crippen LogP contribution in [0.5, 0.6) is 0 Å². The van der Waals surface area contributed by atoms with Crippen LogP contribution in [-0.2, 0) is 9.59 Å². The molecule has 1 amide bonds. The van der Waals surface area contributed by atoms with Crippen molar-refractivity contribution in [1.82, 2.24) is 4.90 Å². The minimum Gasteiger partial charge on any atom is -0.480 e. The van der Waals surface area contributed by atoms with E-state index in [1.54, 1.807) is 6.92 Å². The zero-order valence-electron chi connectivity index (χ0n) is 7.28. The molecule has 0 aliphatic carbocycles. The number of nitrogens with two attached hydrogens (primary N) is 1. The fourth-order valence-corrected chi connectivity index (χ4v) is 0.797. The summed E-state index contributed by atoms with van der Waals surface area (Å²) in [6.07, 6.45) is 0. The number of carbonyl (C=O) groups excluding carboxylic acids is 1. The van der Waals surface area contributed by atoms with E-state index < -0.39 is 12.0 Å². The van der Waals surface area contributed by atoms with Gasteiger partial charge in [0, 0.05) is 6.54 Å². The number of likely N-dealkylation sites (N-methyl/N-ethyl adjacent to an activating group) is 1. The van der Waals surface area contributed by atoms with E-state index in [1.807, 2.05) is 0 Å². The predicted octanol–water partition coefficient (Wildman–Crippen LogP) is -0.733. The van der Waals surface area contributed by atoms with Crippen molar-refractivity contribution >= 4 is 11.9 Å². The number of nitrogens with zero attached hydrogens (tertiary/aromatic N) is 1. The van der Waals surface area contributed by atoms with Crippen LogP contribution >= 0.6 is 0 Å². The van der Waals surface area contributed by atoms with Gasteiger partial charge in [0.15, 0.2) is 0 Å². The maximum absolute atomic E-state index is 11.1. The van der Waals surface area contributed by atoms with Crippen LogP contribution in [0.4, 0.5) is 0 Å². The lowest BCUT2D eigenvalue weighted by atomic mass is 10.3. The van der Waals surface area contributed by atoms with Gasteiger partial charge in [0.05, 0.1) is 6.04 Å². The molecule has 0 aliphatic rings. The standard InChI is InChI=1S/C7H14N2O3/c1-3-9(4-6(10)11)7(12)5(2)8/h5H,3-4,8H2,1-2H3,(H,10,11)/t5-/m0/s1. The van der Waals surface area contributed by atoms with Crippen LogP contribution in [0.1, 0.15) is 13.8 Å². The molecule has 0 radical (unpaired) electrons. The average Bonchev–Trinajstić information content (AvgIpc) is 1.98. The van der Waals surface area contributed by atoms with E-state index in [0.29, 0.717) is 6.54 Å². The molecule has 12 heavy (non-hydrogen) atoms. The Morgan fingerprint density at radius 2 is 2.08 bits per heavy atom. The van der Waals surface area contributed by atoms with Gasteiger partial charge in [-0.25, -0.2) is 0 Å². The monoisotopic (exact) mass is 174 g/mol. The molecule has 0 bridgehead atoms. The molecule has 0 heterocycles. The molecular formula is C7H14N2O3. The summed E-state index contributed by atoms with van der Waals surface area (Å²) in [5, 5.41) is 8.41. The lowest BCUT2D eigenvalue weighted by Crippen LogP contribution is -2.44. The highest BCUT2D eigenvalue weighted by Crippen LogP contribution is 1.92. The predicted molar refractivity (Wildman–Crippen MR) is 43.5 cm³/mol. The molecule has 1 atom stereocenters. The van der Waals surface area contributed by atoms with E-state index in [1.165, 1.54) is 11.8 Å². The lowest BCUT2D eigenvalue weighted by Gasteiger charge is -2.20. The first-order valence-electron chi connectivity index (χ1n) is 3.75. The third-order valence-corrected chi connectivity index (χ3v) is 1.41. The largest absolute Gasteiger partial charge is 0.480 e. The first-order valence-corrected chi connectivity index (χ1v) is 3.75. The van der Waals surface area contributed by atoms with Crippen molar-refractivity contribution in [3.8, 4) is 0 Å². The molecule has 0 aromatic heterocycles. The number of carboxylic acids is 1. The van der Waals surface area contributed by atoms with Crippen LogP contribution in [0.2, 0.25) is 0 Å². The van der Waals surface area contributed by atoms with Crippen molar-refractivity contribution in [1.29, 1.82) is 0 Å². The fraction of sp³-hybridized carbons (Fsp3) is 0.714. The Morgan fingerprint density at radius 3 is 2.33 bits per heavy atom. The molecule has 0 saturated carbocycles. The summed E-state index contributed by atoms with van der Waals surface area (Å²) in [6, 6.07) is -0.635. The van der Waals surface area contributed by atoms with Crippen molar-refractivity contribution < 1.29 is 14.7 Å². The molecule has 3 N–H and O–H groups in total. The summed E-state index contributed by atoms with van der Waals surface area (Å²) in [4.78, 5) is 22.6. The van der Waals surface area contributed by atoms with Crippen molar-refractivity contribution in [2.45, 2.75) is 19.9 Å². The van der Waals surface area contributed by atoms with Crippen LogP contribution in [0.15, 0.2) is 0 Å². The molecule has 5 heteroatoms. The van der Waals surface area contributed by atoms with Crippen molar-refractivity contribution in [2.24, 2.45) is 5.73 Å². The van der Waals surface area contributed by atoms with Crippen LogP contribution < -0.4 is 5.73 Å². The van der Waals surface area contributed by atoms with Gasteiger partial charge in [0.1, 0.15) is 6.54 Å². The number of amides is 1. The van der Waals surface area contributed by atoms with E-state index in [-0.39, 0.29) is 12.5 Å². The van der Waals surface area contributed by atoms with Crippen LogP contribution in [0.25, 0.3) is 0 Å². The van der Waals surface area contributed by atoms with E-state index in [4.69, 9.17) is 10.8 Å². The third kappa shape index (κ3) is 3.34. The third-order valence-electron chi connectivity index (χ3n) is 1.41.